The highest BCUT2D eigenvalue weighted by molar-refractivity contribution is 5.78. The maximum absolute atomic E-state index is 11.7. The van der Waals surface area contributed by atoms with Crippen molar-refractivity contribution in [3.05, 3.63) is 0 Å². The van der Waals surface area contributed by atoms with Crippen molar-refractivity contribution in [2.24, 2.45) is 0 Å². The summed E-state index contributed by atoms with van der Waals surface area (Å²) in [4.78, 5) is 15.1. The summed E-state index contributed by atoms with van der Waals surface area (Å²) >= 11 is 0. The van der Waals surface area contributed by atoms with E-state index in [0.717, 1.165) is 0 Å². The monoisotopic (exact) mass is 216 g/mol. The summed E-state index contributed by atoms with van der Waals surface area (Å²) in [6.07, 6.45) is -1.44. The van der Waals surface area contributed by atoms with E-state index >= 15 is 0 Å². The van der Waals surface area contributed by atoms with Gasteiger partial charge in [-0.05, 0) is 13.8 Å². The fraction of sp³-hybridized carbons (Fsp3) is 0.900. The van der Waals surface area contributed by atoms with Gasteiger partial charge in [0.1, 0.15) is 0 Å². The topological polar surface area (TPSA) is 64.0 Å². The van der Waals surface area contributed by atoms with Crippen LogP contribution in [0.5, 0.6) is 0 Å². The minimum atomic E-state index is -0.720. The van der Waals surface area contributed by atoms with E-state index in [-0.39, 0.29) is 18.5 Å². The molecule has 2 N–H and O–H groups in total. The summed E-state index contributed by atoms with van der Waals surface area (Å²) in [6.45, 7) is 4.91. The number of amides is 1. The van der Waals surface area contributed by atoms with Gasteiger partial charge in [-0.2, -0.15) is 0 Å². The first-order valence-electron chi connectivity index (χ1n) is 5.26. The molecule has 0 bridgehead atoms. The number of likely N-dealkylation sites (tertiary alicyclic amines) is 1. The molecule has 5 nitrogen and oxygen atoms in total. The van der Waals surface area contributed by atoms with Gasteiger partial charge in [-0.15, -0.1) is 0 Å². The van der Waals surface area contributed by atoms with Crippen molar-refractivity contribution in [2.45, 2.75) is 32.1 Å². The van der Waals surface area contributed by atoms with Gasteiger partial charge in [-0.25, -0.2) is 0 Å². The summed E-state index contributed by atoms with van der Waals surface area (Å²) in [6, 6.07) is 0.176. The Morgan fingerprint density at radius 3 is 2.27 bits per heavy atom. The quantitative estimate of drug-likeness (QED) is 0.628. The van der Waals surface area contributed by atoms with Gasteiger partial charge in [0.05, 0.1) is 18.8 Å². The Hall–Kier alpha value is -0.650. The molecule has 0 spiro atoms. The largest absolute Gasteiger partial charge is 0.389 e. The summed E-state index contributed by atoms with van der Waals surface area (Å²) in [5.74, 6) is 0.0197. The zero-order chi connectivity index (χ0) is 11.6. The third kappa shape index (κ3) is 3.15. The van der Waals surface area contributed by atoms with Crippen molar-refractivity contribution in [3.8, 4) is 0 Å². The second-order valence-corrected chi connectivity index (χ2v) is 4.43. The Labute approximate surface area is 90.3 Å². The molecule has 1 fully saturated rings. The van der Waals surface area contributed by atoms with Crippen molar-refractivity contribution in [3.63, 3.8) is 0 Å². The molecule has 0 unspecified atom stereocenters. The van der Waals surface area contributed by atoms with Crippen LogP contribution < -0.4 is 0 Å². The first kappa shape index (κ1) is 12.4. The van der Waals surface area contributed by atoms with Crippen molar-refractivity contribution < 1.29 is 15.0 Å². The Kier molecular flexibility index (Phi) is 4.07. The molecule has 1 rings (SSSR count). The van der Waals surface area contributed by atoms with Crippen molar-refractivity contribution in [1.29, 1.82) is 0 Å². The van der Waals surface area contributed by atoms with Crippen LogP contribution in [0.15, 0.2) is 0 Å². The van der Waals surface area contributed by atoms with Crippen molar-refractivity contribution >= 4 is 5.91 Å². The van der Waals surface area contributed by atoms with Crippen LogP contribution in [-0.2, 0) is 4.79 Å². The van der Waals surface area contributed by atoms with E-state index in [1.54, 1.807) is 16.8 Å². The van der Waals surface area contributed by atoms with Crippen LogP contribution >= 0.6 is 0 Å². The highest BCUT2D eigenvalue weighted by atomic mass is 16.3. The molecular formula is C10H20N2O3. The standard InChI is InChI=1S/C10H20N2O3/c1-7(2)11(3)10(15)6-12-4-8(13)9(14)5-12/h7-9,13-14H,4-6H2,1-3H3/t8-,9+. The minimum Gasteiger partial charge on any atom is -0.389 e. The van der Waals surface area contributed by atoms with Gasteiger partial charge >= 0.3 is 0 Å². The number of rotatable bonds is 3. The first-order valence-corrected chi connectivity index (χ1v) is 5.26. The predicted octanol–water partition coefficient (Wildman–Crippen LogP) is -1.11. The maximum Gasteiger partial charge on any atom is 0.236 e. The first-order chi connectivity index (χ1) is 6.91. The van der Waals surface area contributed by atoms with E-state index in [1.165, 1.54) is 0 Å². The van der Waals surface area contributed by atoms with Crippen LogP contribution in [0.1, 0.15) is 13.8 Å². The number of hydrogen-bond donors (Lipinski definition) is 2. The number of aliphatic hydroxyl groups excluding tert-OH is 2. The predicted molar refractivity (Wildman–Crippen MR) is 56.4 cm³/mol. The molecule has 1 saturated heterocycles. The van der Waals surface area contributed by atoms with Crippen molar-refractivity contribution in [2.75, 3.05) is 26.7 Å². The number of nitrogens with zero attached hydrogens (tertiary/aromatic N) is 2. The highest BCUT2D eigenvalue weighted by Crippen LogP contribution is 2.10. The molecule has 15 heavy (non-hydrogen) atoms. The third-order valence-corrected chi connectivity index (χ3v) is 2.86. The Balaban J connectivity index is 2.40. The molecule has 0 aromatic rings. The number of likely N-dealkylation sites (N-methyl/N-ethyl adjacent to an activating group) is 1. The molecule has 0 aliphatic carbocycles. The molecule has 1 amide bonds. The normalized spacial score (nSPS) is 27.3. The van der Waals surface area contributed by atoms with Gasteiger partial charge in [0, 0.05) is 26.2 Å². The van der Waals surface area contributed by atoms with Gasteiger partial charge < -0.3 is 15.1 Å². The van der Waals surface area contributed by atoms with Crippen LogP contribution in [0, 0.1) is 0 Å². The lowest BCUT2D eigenvalue weighted by molar-refractivity contribution is -0.132. The van der Waals surface area contributed by atoms with E-state index in [2.05, 4.69) is 0 Å². The Morgan fingerprint density at radius 1 is 1.40 bits per heavy atom. The van der Waals surface area contributed by atoms with Crippen molar-refractivity contribution in [1.82, 2.24) is 9.80 Å². The van der Waals surface area contributed by atoms with E-state index in [4.69, 9.17) is 0 Å². The summed E-state index contributed by atoms with van der Waals surface area (Å²) in [7, 11) is 1.76. The van der Waals surface area contributed by atoms with Gasteiger partial charge in [0.2, 0.25) is 5.91 Å². The van der Waals surface area contributed by atoms with Crippen LogP contribution in [0.2, 0.25) is 0 Å². The number of carbonyl (C=O) groups is 1. The molecule has 1 aliphatic rings. The summed E-state index contributed by atoms with van der Waals surface area (Å²) < 4.78 is 0. The van der Waals surface area contributed by atoms with Crippen LogP contribution in [0.3, 0.4) is 0 Å². The molecule has 88 valence electrons. The number of hydrogen-bond acceptors (Lipinski definition) is 4. The maximum atomic E-state index is 11.7. The molecule has 0 radical (unpaired) electrons. The summed E-state index contributed by atoms with van der Waals surface area (Å²) in [5.41, 5.74) is 0. The van der Waals surface area contributed by atoms with E-state index in [0.29, 0.717) is 13.1 Å². The lowest BCUT2D eigenvalue weighted by atomic mass is 10.3. The number of carbonyl (C=O) groups excluding carboxylic acids is 1. The fourth-order valence-corrected chi connectivity index (χ4v) is 1.57. The van der Waals surface area contributed by atoms with Crippen LogP contribution in [0.4, 0.5) is 0 Å². The van der Waals surface area contributed by atoms with Crippen LogP contribution in [0.25, 0.3) is 0 Å². The lowest BCUT2D eigenvalue weighted by Gasteiger charge is -2.24. The second-order valence-electron chi connectivity index (χ2n) is 4.43. The molecule has 0 aromatic carbocycles. The highest BCUT2D eigenvalue weighted by Gasteiger charge is 2.31. The molecule has 0 aromatic heterocycles. The third-order valence-electron chi connectivity index (χ3n) is 2.86. The SMILES string of the molecule is CC(C)N(C)C(=O)CN1C[C@@H](O)[C@@H](O)C1. The number of aliphatic hydroxyl groups is 2. The average Bonchev–Trinajstić information content (AvgIpc) is 2.44. The van der Waals surface area contributed by atoms with Crippen LogP contribution in [-0.4, -0.2) is 70.9 Å². The Morgan fingerprint density at radius 2 is 1.87 bits per heavy atom. The van der Waals surface area contributed by atoms with Gasteiger partial charge in [0.25, 0.3) is 0 Å². The number of β-amino-alcohol motifs (C(OH)–C–C–N with tert-alkyl or cyclic N) is 2. The van der Waals surface area contributed by atoms with E-state index in [9.17, 15) is 15.0 Å². The summed E-state index contributed by atoms with van der Waals surface area (Å²) in [5, 5.41) is 18.6. The molecule has 1 heterocycles. The second kappa shape index (κ2) is 4.92. The van der Waals surface area contributed by atoms with Gasteiger partial charge in [-0.1, -0.05) is 0 Å². The lowest BCUT2D eigenvalue weighted by Crippen LogP contribution is -2.41. The van der Waals surface area contributed by atoms with Gasteiger partial charge in [0.15, 0.2) is 0 Å². The molecular weight excluding hydrogens is 196 g/mol. The smallest absolute Gasteiger partial charge is 0.236 e. The molecule has 0 saturated carbocycles. The van der Waals surface area contributed by atoms with E-state index < -0.39 is 12.2 Å². The molecule has 1 aliphatic heterocycles. The fourth-order valence-electron chi connectivity index (χ4n) is 1.57. The zero-order valence-electron chi connectivity index (χ0n) is 9.55. The zero-order valence-corrected chi connectivity index (χ0v) is 9.55. The van der Waals surface area contributed by atoms with Gasteiger partial charge in [-0.3, -0.25) is 9.69 Å². The molecule has 2 atom stereocenters. The Bertz CT molecular complexity index is 223. The van der Waals surface area contributed by atoms with E-state index in [1.807, 2.05) is 13.8 Å². The average molecular weight is 216 g/mol. The minimum absolute atomic E-state index is 0.0197. The molecule has 5 heteroatoms.